The Morgan fingerprint density at radius 3 is 1.33 bits per heavy atom. The van der Waals surface area contributed by atoms with Gasteiger partial charge in [-0.05, 0) is 119 Å². The predicted molar refractivity (Wildman–Crippen MR) is 209 cm³/mol. The van der Waals surface area contributed by atoms with Gasteiger partial charge in [0.25, 0.3) is 0 Å². The van der Waals surface area contributed by atoms with Crippen LogP contribution in [0.3, 0.4) is 0 Å². The van der Waals surface area contributed by atoms with Crippen molar-refractivity contribution in [1.82, 2.24) is 10.6 Å². The maximum absolute atomic E-state index is 13.1. The van der Waals surface area contributed by atoms with Crippen LogP contribution in [-0.2, 0) is 20.2 Å². The summed E-state index contributed by atoms with van der Waals surface area (Å²) in [6.07, 6.45) is 3.61. The van der Waals surface area contributed by atoms with Gasteiger partial charge in [0.2, 0.25) is 0 Å². The van der Waals surface area contributed by atoms with Gasteiger partial charge in [-0.1, -0.05) is 53.9 Å². The van der Waals surface area contributed by atoms with E-state index in [0.717, 1.165) is 36.8 Å². The van der Waals surface area contributed by atoms with Crippen LogP contribution in [0.25, 0.3) is 0 Å². The third-order valence-electron chi connectivity index (χ3n) is 9.30. The molecule has 4 amide bonds. The van der Waals surface area contributed by atoms with Crippen LogP contribution < -0.4 is 29.6 Å². The second kappa shape index (κ2) is 16.9. The molecule has 4 aromatic carbocycles. The van der Waals surface area contributed by atoms with E-state index in [2.05, 4.69) is 21.3 Å². The number of amides is 4. The Balaban J connectivity index is 1.07. The molecular weight excluding hydrogens is 729 g/mol. The minimum absolute atomic E-state index is 0.0797. The van der Waals surface area contributed by atoms with Gasteiger partial charge in [0.15, 0.2) is 0 Å². The van der Waals surface area contributed by atoms with Gasteiger partial charge in [-0.3, -0.25) is 0 Å². The first kappa shape index (κ1) is 40.1. The lowest BCUT2D eigenvalue weighted by atomic mass is 9.81. The number of rotatable bonds is 12. The van der Waals surface area contributed by atoms with Crippen LogP contribution in [0.2, 0.25) is 0 Å². The number of anilines is 2. The first-order valence-corrected chi connectivity index (χ1v) is 20.6. The van der Waals surface area contributed by atoms with Crippen molar-refractivity contribution < 1.29 is 34.8 Å². The summed E-state index contributed by atoms with van der Waals surface area (Å²) >= 11 is 0. The van der Waals surface area contributed by atoms with Gasteiger partial charge in [-0.25, -0.2) is 9.59 Å². The fourth-order valence-corrected chi connectivity index (χ4v) is 10.0. The molecule has 54 heavy (non-hydrogen) atoms. The maximum atomic E-state index is 13.1. The molecular formula is C40H48N4O8S2. The van der Waals surface area contributed by atoms with Gasteiger partial charge in [-0.2, -0.15) is 16.8 Å². The van der Waals surface area contributed by atoms with Crippen molar-refractivity contribution in [1.29, 1.82) is 0 Å². The highest BCUT2D eigenvalue weighted by Gasteiger charge is 2.25. The molecule has 0 aromatic heterocycles. The number of hydrogen-bond acceptors (Lipinski definition) is 8. The molecule has 2 atom stereocenters. The molecule has 4 aromatic rings. The summed E-state index contributed by atoms with van der Waals surface area (Å²) in [4.78, 5) is 25.8. The summed E-state index contributed by atoms with van der Waals surface area (Å²) in [5.74, 6) is 0.570. The molecule has 1 saturated carbocycles. The van der Waals surface area contributed by atoms with Crippen LogP contribution in [0.4, 0.5) is 21.0 Å². The van der Waals surface area contributed by atoms with E-state index < -0.39 is 32.3 Å². The molecule has 0 heterocycles. The quantitative estimate of drug-likeness (QED) is 0.106. The summed E-state index contributed by atoms with van der Waals surface area (Å²) < 4.78 is 63.3. The van der Waals surface area contributed by atoms with E-state index in [1.54, 1.807) is 76.2 Å². The monoisotopic (exact) mass is 776 g/mol. The number of nitrogens with one attached hydrogen (secondary N) is 4. The maximum Gasteiger partial charge on any atom is 0.339 e. The lowest BCUT2D eigenvalue weighted by Gasteiger charge is -2.29. The molecule has 0 spiro atoms. The van der Waals surface area contributed by atoms with E-state index in [1.165, 1.54) is 24.3 Å². The fourth-order valence-electron chi connectivity index (χ4n) is 7.31. The van der Waals surface area contributed by atoms with E-state index in [1.807, 2.05) is 13.8 Å². The summed E-state index contributed by atoms with van der Waals surface area (Å²) in [6, 6.07) is 18.8. The summed E-state index contributed by atoms with van der Waals surface area (Å²) in [5, 5.41) is 11.3. The van der Waals surface area contributed by atoms with Gasteiger partial charge in [0, 0.05) is 36.6 Å². The third kappa shape index (κ3) is 10.5. The molecule has 1 aliphatic carbocycles. The largest absolute Gasteiger partial charge is 0.379 e. The molecule has 14 heteroatoms. The minimum Gasteiger partial charge on any atom is -0.379 e. The third-order valence-corrected chi connectivity index (χ3v) is 12.4. The van der Waals surface area contributed by atoms with Gasteiger partial charge in [0.05, 0.1) is 0 Å². The van der Waals surface area contributed by atoms with Crippen molar-refractivity contribution in [2.24, 2.45) is 11.8 Å². The van der Waals surface area contributed by atoms with Crippen molar-refractivity contribution in [3.63, 3.8) is 0 Å². The van der Waals surface area contributed by atoms with Crippen molar-refractivity contribution in [3.8, 4) is 11.5 Å². The molecule has 1 fully saturated rings. The molecule has 0 aliphatic heterocycles. The molecule has 0 bridgehead atoms. The standard InChI is InChI=1S/C40H48N4O8S2/c1-25-16-27(3)37(28(4)17-25)53(47,48)51-35-14-8-12-33(21-35)43-39(45)41-23-31-10-7-11-32(20-31)24-42-40(46)44-34-13-9-15-36(22-34)52-54(49,50)38-29(5)18-26(2)19-30(38)6/h8-9,12-19,21-22,31-32H,7,10-11,20,23-24H2,1-6H3,(H2,41,43,45)(H2,42,44,46). The van der Waals surface area contributed by atoms with Gasteiger partial charge >= 0.3 is 32.3 Å². The van der Waals surface area contributed by atoms with Crippen LogP contribution in [0.1, 0.15) is 59.1 Å². The number of urea groups is 2. The Labute approximate surface area is 318 Å². The second-order valence-corrected chi connectivity index (χ2v) is 17.1. The van der Waals surface area contributed by atoms with Crippen LogP contribution in [0.15, 0.2) is 82.6 Å². The number of benzene rings is 4. The van der Waals surface area contributed by atoms with E-state index in [0.29, 0.717) is 46.7 Å². The topological polar surface area (TPSA) is 169 Å². The molecule has 0 radical (unpaired) electrons. The number of hydrogen-bond donors (Lipinski definition) is 4. The second-order valence-electron chi connectivity index (χ2n) is 14.2. The zero-order chi connectivity index (χ0) is 39.2. The molecule has 288 valence electrons. The van der Waals surface area contributed by atoms with E-state index in [9.17, 15) is 26.4 Å². The highest BCUT2D eigenvalue weighted by atomic mass is 32.2. The Kier molecular flexibility index (Phi) is 12.6. The van der Waals surface area contributed by atoms with Gasteiger partial charge in [0.1, 0.15) is 21.3 Å². The Hall–Kier alpha value is -5.08. The molecule has 4 N–H and O–H groups in total. The zero-order valence-electron chi connectivity index (χ0n) is 31.4. The number of aryl methyl sites for hydroxylation is 6. The highest BCUT2D eigenvalue weighted by molar-refractivity contribution is 7.87. The smallest absolute Gasteiger partial charge is 0.339 e. The van der Waals surface area contributed by atoms with Crippen LogP contribution in [-0.4, -0.2) is 42.0 Å². The molecule has 12 nitrogen and oxygen atoms in total. The Morgan fingerprint density at radius 2 is 0.963 bits per heavy atom. The number of carbonyl (C=O) groups excluding carboxylic acids is 2. The molecule has 5 rings (SSSR count). The van der Waals surface area contributed by atoms with Crippen LogP contribution >= 0.6 is 0 Å². The summed E-state index contributed by atoms with van der Waals surface area (Å²) in [5.41, 5.74) is 5.05. The average Bonchev–Trinajstić information content (AvgIpc) is 3.05. The van der Waals surface area contributed by atoms with Gasteiger partial charge in [-0.15, -0.1) is 0 Å². The number of carbonyl (C=O) groups is 2. The van der Waals surface area contributed by atoms with Crippen LogP contribution in [0.5, 0.6) is 11.5 Å². The lowest BCUT2D eigenvalue weighted by Crippen LogP contribution is -2.38. The SMILES string of the molecule is Cc1cc(C)c(S(=O)(=O)Oc2cccc(NC(=O)NCC3CCCC(CNC(=O)Nc4cccc(OS(=O)(=O)c5c(C)cc(C)cc5C)c4)C3)c2)c(C)c1. The van der Waals surface area contributed by atoms with Crippen molar-refractivity contribution in [2.75, 3.05) is 23.7 Å². The van der Waals surface area contributed by atoms with Crippen molar-refractivity contribution in [2.45, 2.75) is 77.0 Å². The van der Waals surface area contributed by atoms with Crippen molar-refractivity contribution in [3.05, 3.63) is 106 Å². The summed E-state index contributed by atoms with van der Waals surface area (Å²) in [6.45, 7) is 11.6. The van der Waals surface area contributed by atoms with E-state index in [-0.39, 0.29) is 33.1 Å². The van der Waals surface area contributed by atoms with Crippen LogP contribution in [0, 0.1) is 53.4 Å². The lowest BCUT2D eigenvalue weighted by molar-refractivity contribution is 0.230. The summed E-state index contributed by atoms with van der Waals surface area (Å²) in [7, 11) is -8.19. The highest BCUT2D eigenvalue weighted by Crippen LogP contribution is 2.30. The van der Waals surface area contributed by atoms with Gasteiger partial charge < -0.3 is 29.6 Å². The Morgan fingerprint density at radius 1 is 0.593 bits per heavy atom. The first-order valence-electron chi connectivity index (χ1n) is 17.8. The average molecular weight is 777 g/mol. The molecule has 1 aliphatic rings. The van der Waals surface area contributed by atoms with E-state index in [4.69, 9.17) is 8.37 Å². The normalized spacial score (nSPS) is 15.9. The fraction of sp³-hybridized carbons (Fsp3) is 0.350. The Bertz CT molecular complexity index is 2050. The zero-order valence-corrected chi connectivity index (χ0v) is 33.0. The predicted octanol–water partition coefficient (Wildman–Crippen LogP) is 7.82. The molecule has 2 unspecified atom stereocenters. The first-order chi connectivity index (χ1) is 25.5. The molecule has 0 saturated heterocycles. The van der Waals surface area contributed by atoms with Crippen molar-refractivity contribution >= 4 is 43.7 Å². The van der Waals surface area contributed by atoms with E-state index >= 15 is 0 Å². The minimum atomic E-state index is -4.10.